The predicted octanol–water partition coefficient (Wildman–Crippen LogP) is -1.85. The molecule has 0 aromatic carbocycles. The summed E-state index contributed by atoms with van der Waals surface area (Å²) < 4.78 is 0. The van der Waals surface area contributed by atoms with Crippen molar-refractivity contribution in [1.29, 1.82) is 0 Å². The molecule has 1 saturated heterocycles. The topological polar surface area (TPSA) is 139 Å². The molecule has 0 unspecified atom stereocenters. The Morgan fingerprint density at radius 2 is 2.04 bits per heavy atom. The molecule has 0 spiro atoms. The Hall–Kier alpha value is -1.58. The van der Waals surface area contributed by atoms with Crippen LogP contribution in [0.3, 0.4) is 0 Å². The van der Waals surface area contributed by atoms with Gasteiger partial charge in [-0.1, -0.05) is 0 Å². The second-order valence-electron chi connectivity index (χ2n) is 5.92. The molecule has 11 heteroatoms. The number of carboxylic acids is 1. The molecule has 3 atom stereocenters. The third kappa shape index (κ3) is 6.50. The van der Waals surface area contributed by atoms with Crippen LogP contribution in [0.4, 0.5) is 4.79 Å². The Morgan fingerprint density at radius 1 is 1.38 bits per heavy atom. The SMILES string of the molecule is [B]C(=O)NCCCC[C@H](NB(C)O)C(=O)N1C[C@@H](O)C[C@H]1C(=O)O. The second kappa shape index (κ2) is 9.65. The van der Waals surface area contributed by atoms with Crippen LogP contribution in [-0.4, -0.2) is 84.0 Å². The minimum atomic E-state index is -1.17. The van der Waals surface area contributed by atoms with E-state index in [0.29, 0.717) is 25.8 Å². The molecular formula is C13H23B2N3O6. The minimum absolute atomic E-state index is 0.00893. The number of aliphatic hydroxyl groups excluding tert-OH is 1. The molecule has 24 heavy (non-hydrogen) atoms. The van der Waals surface area contributed by atoms with E-state index in [-0.39, 0.29) is 13.0 Å². The number of likely N-dealkylation sites (tertiary alicyclic amines) is 1. The first-order valence-corrected chi connectivity index (χ1v) is 7.91. The van der Waals surface area contributed by atoms with Crippen molar-refractivity contribution in [3.63, 3.8) is 0 Å². The van der Waals surface area contributed by atoms with Gasteiger partial charge in [-0.05, 0) is 26.1 Å². The van der Waals surface area contributed by atoms with Gasteiger partial charge < -0.3 is 30.7 Å². The van der Waals surface area contributed by atoms with Gasteiger partial charge in [0.2, 0.25) is 5.91 Å². The van der Waals surface area contributed by atoms with Crippen LogP contribution in [-0.2, 0) is 9.59 Å². The van der Waals surface area contributed by atoms with Crippen molar-refractivity contribution in [3.05, 3.63) is 0 Å². The molecule has 9 nitrogen and oxygen atoms in total. The van der Waals surface area contributed by atoms with Crippen molar-refractivity contribution in [1.82, 2.24) is 15.4 Å². The highest BCUT2D eigenvalue weighted by molar-refractivity contribution is 6.57. The number of amides is 2. The van der Waals surface area contributed by atoms with E-state index >= 15 is 0 Å². The van der Waals surface area contributed by atoms with Gasteiger partial charge in [0.25, 0.3) is 0 Å². The molecule has 0 aliphatic carbocycles. The fraction of sp³-hybridized carbons (Fsp3) is 0.769. The zero-order chi connectivity index (χ0) is 18.3. The maximum atomic E-state index is 12.6. The number of rotatable bonds is 9. The van der Waals surface area contributed by atoms with Crippen molar-refractivity contribution < 1.29 is 29.6 Å². The highest BCUT2D eigenvalue weighted by Gasteiger charge is 2.41. The molecule has 2 radical (unpaired) electrons. The normalized spacial score (nSPS) is 21.4. The number of hydrogen-bond acceptors (Lipinski definition) is 6. The molecule has 0 bridgehead atoms. The summed E-state index contributed by atoms with van der Waals surface area (Å²) in [5, 5.41) is 33.5. The summed E-state index contributed by atoms with van der Waals surface area (Å²) >= 11 is 0. The Balaban J connectivity index is 2.63. The number of β-amino-alcohol motifs (C(OH)–C–C–N with tert-alkyl or cyclic N) is 1. The molecule has 0 aromatic heterocycles. The average molecular weight is 339 g/mol. The van der Waals surface area contributed by atoms with Crippen molar-refractivity contribution in [2.75, 3.05) is 13.1 Å². The van der Waals surface area contributed by atoms with Crippen LogP contribution in [0, 0.1) is 0 Å². The van der Waals surface area contributed by atoms with E-state index in [4.69, 9.17) is 7.85 Å². The van der Waals surface area contributed by atoms with Gasteiger partial charge in [-0.2, -0.15) is 0 Å². The van der Waals surface area contributed by atoms with E-state index in [1.165, 1.54) is 6.82 Å². The van der Waals surface area contributed by atoms with Crippen LogP contribution in [0.1, 0.15) is 25.7 Å². The van der Waals surface area contributed by atoms with Gasteiger partial charge in [0, 0.05) is 19.5 Å². The molecule has 1 aliphatic heterocycles. The smallest absolute Gasteiger partial charge is 0.374 e. The Labute approximate surface area is 142 Å². The summed E-state index contributed by atoms with van der Waals surface area (Å²) in [6, 6.07) is -1.84. The van der Waals surface area contributed by atoms with Crippen LogP contribution in [0.2, 0.25) is 6.82 Å². The van der Waals surface area contributed by atoms with E-state index in [1.54, 1.807) is 0 Å². The lowest BCUT2D eigenvalue weighted by Crippen LogP contribution is -2.53. The van der Waals surface area contributed by atoms with Crippen LogP contribution in [0.25, 0.3) is 0 Å². The van der Waals surface area contributed by atoms with Gasteiger partial charge in [0.1, 0.15) is 6.04 Å². The molecule has 0 aromatic rings. The van der Waals surface area contributed by atoms with Gasteiger partial charge in [-0.25, -0.2) is 4.79 Å². The first kappa shape index (κ1) is 20.5. The molecule has 0 saturated carbocycles. The molecule has 1 rings (SSSR count). The first-order valence-electron chi connectivity index (χ1n) is 7.91. The van der Waals surface area contributed by atoms with Crippen molar-refractivity contribution >= 4 is 32.6 Å². The lowest BCUT2D eigenvalue weighted by Gasteiger charge is -2.27. The van der Waals surface area contributed by atoms with Crippen molar-refractivity contribution in [3.8, 4) is 0 Å². The first-order chi connectivity index (χ1) is 11.2. The number of hydrogen-bond donors (Lipinski definition) is 5. The summed E-state index contributed by atoms with van der Waals surface area (Å²) in [5.74, 6) is -2.26. The minimum Gasteiger partial charge on any atom is -0.480 e. The summed E-state index contributed by atoms with van der Waals surface area (Å²) in [7, 11) is 4.01. The van der Waals surface area contributed by atoms with E-state index < -0.39 is 42.9 Å². The largest absolute Gasteiger partial charge is 0.480 e. The number of carboxylic acid groups (broad SMARTS) is 1. The quantitative estimate of drug-likeness (QED) is 0.245. The van der Waals surface area contributed by atoms with E-state index in [1.807, 2.05) is 0 Å². The zero-order valence-electron chi connectivity index (χ0n) is 13.6. The molecule has 2 amide bonds. The standard InChI is InChI=1S/C13H23B2N3O6/c1-15(24)17-9(4-2-3-5-16-13(14)23)11(20)18-7-8(19)6-10(18)12(21)22/h8-10,17,19,24H,2-7H2,1H3,(H,16,23)(H,21,22)/t8-,9-,10-/m0/s1. The number of nitrogens with zero attached hydrogens (tertiary/aromatic N) is 1. The van der Waals surface area contributed by atoms with Crippen LogP contribution in [0.15, 0.2) is 0 Å². The van der Waals surface area contributed by atoms with Crippen molar-refractivity contribution in [2.45, 2.75) is 50.7 Å². The third-order valence-corrected chi connectivity index (χ3v) is 3.81. The third-order valence-electron chi connectivity index (χ3n) is 3.81. The van der Waals surface area contributed by atoms with Gasteiger partial charge in [-0.3, -0.25) is 9.59 Å². The lowest BCUT2D eigenvalue weighted by atomic mass is 9.86. The second-order valence-corrected chi connectivity index (χ2v) is 5.92. The Kier molecular flexibility index (Phi) is 8.23. The average Bonchev–Trinajstić information content (AvgIpc) is 2.86. The van der Waals surface area contributed by atoms with Crippen LogP contribution in [0.5, 0.6) is 0 Å². The van der Waals surface area contributed by atoms with E-state index in [2.05, 4.69) is 10.5 Å². The molecular weight excluding hydrogens is 316 g/mol. The number of carbonyl (C=O) groups excluding carboxylic acids is 2. The van der Waals surface area contributed by atoms with Gasteiger partial charge in [0.15, 0.2) is 13.7 Å². The predicted molar refractivity (Wildman–Crippen MR) is 87.5 cm³/mol. The molecule has 1 heterocycles. The van der Waals surface area contributed by atoms with Crippen LogP contribution >= 0.6 is 0 Å². The van der Waals surface area contributed by atoms with Crippen molar-refractivity contribution in [2.24, 2.45) is 0 Å². The maximum absolute atomic E-state index is 12.6. The highest BCUT2D eigenvalue weighted by Crippen LogP contribution is 2.20. The molecule has 132 valence electrons. The summed E-state index contributed by atoms with van der Waals surface area (Å²) in [6.45, 7) is 1.78. The zero-order valence-corrected chi connectivity index (χ0v) is 13.6. The highest BCUT2D eigenvalue weighted by atomic mass is 16.4. The Bertz CT molecular complexity index is 465. The van der Waals surface area contributed by atoms with Gasteiger partial charge in [-0.15, -0.1) is 0 Å². The number of unbranched alkanes of at least 4 members (excludes halogenated alkanes) is 1. The fourth-order valence-electron chi connectivity index (χ4n) is 2.75. The number of aliphatic carboxylic acids is 1. The summed E-state index contributed by atoms with van der Waals surface area (Å²) in [6.07, 6.45) is 0.611. The monoisotopic (exact) mass is 339 g/mol. The lowest BCUT2D eigenvalue weighted by molar-refractivity contribution is -0.149. The number of aliphatic hydroxyl groups is 1. The maximum Gasteiger partial charge on any atom is 0.374 e. The summed E-state index contributed by atoms with van der Waals surface area (Å²) in [4.78, 5) is 35.6. The molecule has 1 aliphatic rings. The van der Waals surface area contributed by atoms with Crippen LogP contribution < -0.4 is 10.5 Å². The van der Waals surface area contributed by atoms with Gasteiger partial charge >= 0.3 is 13.0 Å². The molecule has 5 N–H and O–H groups in total. The Morgan fingerprint density at radius 3 is 2.58 bits per heavy atom. The number of nitrogens with one attached hydrogen (secondary N) is 2. The van der Waals surface area contributed by atoms with E-state index in [0.717, 1.165) is 4.90 Å². The van der Waals surface area contributed by atoms with Gasteiger partial charge in [0.05, 0.1) is 12.1 Å². The fourth-order valence-corrected chi connectivity index (χ4v) is 2.75. The molecule has 1 fully saturated rings. The van der Waals surface area contributed by atoms with E-state index in [9.17, 15) is 29.6 Å². The number of carbonyl (C=O) groups is 3. The summed E-state index contributed by atoms with van der Waals surface area (Å²) in [5.41, 5.74) is 0.